The van der Waals surface area contributed by atoms with Gasteiger partial charge < -0.3 is 5.32 Å². The van der Waals surface area contributed by atoms with Crippen LogP contribution in [-0.4, -0.2) is 32.4 Å². The molecule has 3 rings (SSSR count). The number of carbonyl (C=O) groups is 1. The second-order valence-corrected chi connectivity index (χ2v) is 5.72. The van der Waals surface area contributed by atoms with Gasteiger partial charge in [0.25, 0.3) is 5.91 Å². The molecular weight excluding hydrogens is 310 g/mol. The molecule has 7 heteroatoms. The number of nitrogens with zero attached hydrogens (tertiary/aromatic N) is 4. The fourth-order valence-electron chi connectivity index (χ4n) is 2.06. The van der Waals surface area contributed by atoms with Gasteiger partial charge in [-0.15, -0.1) is 5.10 Å². The van der Waals surface area contributed by atoms with Crippen molar-refractivity contribution in [1.29, 1.82) is 0 Å². The molecule has 0 radical (unpaired) electrons. The highest BCUT2D eigenvalue weighted by atomic mass is 32.2. The molecule has 0 saturated heterocycles. The van der Waals surface area contributed by atoms with Crippen molar-refractivity contribution in [2.24, 2.45) is 0 Å². The zero-order valence-electron chi connectivity index (χ0n) is 12.7. The summed E-state index contributed by atoms with van der Waals surface area (Å²) in [4.78, 5) is 12.3. The molecule has 0 aliphatic rings. The summed E-state index contributed by atoms with van der Waals surface area (Å²) in [5, 5.41) is 15.1. The monoisotopic (exact) mass is 325 g/mol. The van der Waals surface area contributed by atoms with Crippen LogP contribution < -0.4 is 5.32 Å². The quantitative estimate of drug-likeness (QED) is 0.747. The first-order valence-corrected chi connectivity index (χ1v) is 8.20. The number of hydrogen-bond donors (Lipinski definition) is 1. The Labute approximate surface area is 137 Å². The molecule has 2 aromatic carbocycles. The molecule has 1 aromatic heterocycles. The number of aryl methyl sites for hydroxylation is 1. The summed E-state index contributed by atoms with van der Waals surface area (Å²) >= 11 is 1.46. The first-order valence-electron chi connectivity index (χ1n) is 6.98. The Morgan fingerprint density at radius 3 is 2.43 bits per heavy atom. The molecular formula is C16H15N5OS. The molecule has 1 heterocycles. The SMILES string of the molecule is CSc1nnnn1-c1ccc(C(=O)Nc2ccc(C)cc2)cc1. The van der Waals surface area contributed by atoms with Crippen LogP contribution in [0.1, 0.15) is 15.9 Å². The number of tetrazole rings is 1. The molecule has 0 aliphatic heterocycles. The molecule has 1 N–H and O–H groups in total. The van der Waals surface area contributed by atoms with Crippen LogP contribution in [0.4, 0.5) is 5.69 Å². The first-order chi connectivity index (χ1) is 11.2. The molecule has 3 aromatic rings. The molecule has 116 valence electrons. The van der Waals surface area contributed by atoms with E-state index in [1.165, 1.54) is 11.8 Å². The van der Waals surface area contributed by atoms with Crippen molar-refractivity contribution in [3.8, 4) is 5.69 Å². The van der Waals surface area contributed by atoms with Crippen LogP contribution in [0.25, 0.3) is 5.69 Å². The highest BCUT2D eigenvalue weighted by Gasteiger charge is 2.09. The van der Waals surface area contributed by atoms with Gasteiger partial charge in [-0.25, -0.2) is 0 Å². The van der Waals surface area contributed by atoms with Gasteiger partial charge in [-0.3, -0.25) is 4.79 Å². The first kappa shape index (κ1) is 15.2. The van der Waals surface area contributed by atoms with E-state index < -0.39 is 0 Å². The highest BCUT2D eigenvalue weighted by Crippen LogP contribution is 2.17. The van der Waals surface area contributed by atoms with Crippen molar-refractivity contribution in [3.05, 3.63) is 59.7 Å². The summed E-state index contributed by atoms with van der Waals surface area (Å²) in [6.45, 7) is 2.01. The number of rotatable bonds is 4. The van der Waals surface area contributed by atoms with Gasteiger partial charge >= 0.3 is 0 Å². The zero-order valence-corrected chi connectivity index (χ0v) is 13.5. The largest absolute Gasteiger partial charge is 0.322 e. The lowest BCUT2D eigenvalue weighted by Gasteiger charge is -2.07. The maximum atomic E-state index is 12.3. The molecule has 23 heavy (non-hydrogen) atoms. The smallest absolute Gasteiger partial charge is 0.255 e. The number of benzene rings is 2. The average molecular weight is 325 g/mol. The predicted molar refractivity (Wildman–Crippen MR) is 90.1 cm³/mol. The number of hydrogen-bond acceptors (Lipinski definition) is 5. The van der Waals surface area contributed by atoms with Gasteiger partial charge in [0.1, 0.15) is 0 Å². The van der Waals surface area contributed by atoms with E-state index >= 15 is 0 Å². The summed E-state index contributed by atoms with van der Waals surface area (Å²) in [5.74, 6) is -0.151. The Morgan fingerprint density at radius 1 is 1.09 bits per heavy atom. The Morgan fingerprint density at radius 2 is 1.78 bits per heavy atom. The zero-order chi connectivity index (χ0) is 16.2. The molecule has 0 atom stereocenters. The average Bonchev–Trinajstić information content (AvgIpc) is 3.06. The number of amides is 1. The number of thioether (sulfide) groups is 1. The lowest BCUT2D eigenvalue weighted by molar-refractivity contribution is 0.102. The topological polar surface area (TPSA) is 72.7 Å². The van der Waals surface area contributed by atoms with Crippen molar-refractivity contribution in [2.75, 3.05) is 11.6 Å². The summed E-state index contributed by atoms with van der Waals surface area (Å²) in [5.41, 5.74) is 3.31. The van der Waals surface area contributed by atoms with Crippen LogP contribution in [-0.2, 0) is 0 Å². The molecule has 6 nitrogen and oxygen atoms in total. The summed E-state index contributed by atoms with van der Waals surface area (Å²) < 4.78 is 1.63. The third-order valence-electron chi connectivity index (χ3n) is 3.31. The van der Waals surface area contributed by atoms with Gasteiger partial charge in [-0.1, -0.05) is 29.5 Å². The fraction of sp³-hybridized carbons (Fsp3) is 0.125. The van der Waals surface area contributed by atoms with E-state index in [1.807, 2.05) is 49.6 Å². The normalized spacial score (nSPS) is 10.5. The van der Waals surface area contributed by atoms with Crippen LogP contribution in [0, 0.1) is 6.92 Å². The van der Waals surface area contributed by atoms with Crippen LogP contribution in [0.2, 0.25) is 0 Å². The Bertz CT molecular complexity index is 811. The lowest BCUT2D eigenvalue weighted by Crippen LogP contribution is -2.12. The van der Waals surface area contributed by atoms with Gasteiger partial charge in [0.05, 0.1) is 5.69 Å². The molecule has 0 aliphatic carbocycles. The van der Waals surface area contributed by atoms with Crippen LogP contribution in [0.15, 0.2) is 53.7 Å². The molecule has 0 spiro atoms. The van der Waals surface area contributed by atoms with Crippen molar-refractivity contribution >= 4 is 23.4 Å². The van der Waals surface area contributed by atoms with E-state index in [0.717, 1.165) is 16.9 Å². The van der Waals surface area contributed by atoms with Crippen LogP contribution >= 0.6 is 11.8 Å². The third-order valence-corrected chi connectivity index (χ3v) is 3.93. The van der Waals surface area contributed by atoms with E-state index in [-0.39, 0.29) is 5.91 Å². The van der Waals surface area contributed by atoms with Gasteiger partial charge in [-0.05, 0) is 60.0 Å². The Kier molecular flexibility index (Phi) is 4.38. The minimum Gasteiger partial charge on any atom is -0.322 e. The van der Waals surface area contributed by atoms with E-state index in [4.69, 9.17) is 0 Å². The molecule has 0 fully saturated rings. The van der Waals surface area contributed by atoms with Crippen LogP contribution in [0.3, 0.4) is 0 Å². The van der Waals surface area contributed by atoms with Gasteiger partial charge in [0.2, 0.25) is 5.16 Å². The van der Waals surface area contributed by atoms with Crippen molar-refractivity contribution in [1.82, 2.24) is 20.2 Å². The molecule has 1 amide bonds. The van der Waals surface area contributed by atoms with Crippen molar-refractivity contribution in [2.45, 2.75) is 12.1 Å². The minimum atomic E-state index is -0.151. The van der Waals surface area contributed by atoms with Gasteiger partial charge in [0, 0.05) is 11.3 Å². The number of carbonyl (C=O) groups excluding carboxylic acids is 1. The number of nitrogens with one attached hydrogen (secondary N) is 1. The molecule has 0 unspecified atom stereocenters. The fourth-order valence-corrected chi connectivity index (χ4v) is 2.50. The number of aromatic nitrogens is 4. The molecule has 0 saturated carbocycles. The second-order valence-electron chi connectivity index (χ2n) is 4.94. The van der Waals surface area contributed by atoms with E-state index in [2.05, 4.69) is 20.8 Å². The van der Waals surface area contributed by atoms with Crippen LogP contribution in [0.5, 0.6) is 0 Å². The van der Waals surface area contributed by atoms with Crippen molar-refractivity contribution < 1.29 is 4.79 Å². The molecule has 0 bridgehead atoms. The van der Waals surface area contributed by atoms with E-state index in [9.17, 15) is 4.79 Å². The standard InChI is InChI=1S/C16H15N5OS/c1-11-3-7-13(8-4-11)17-15(22)12-5-9-14(10-6-12)21-16(23-2)18-19-20-21/h3-10H,1-2H3,(H,17,22). The van der Waals surface area contributed by atoms with Crippen molar-refractivity contribution in [3.63, 3.8) is 0 Å². The van der Waals surface area contributed by atoms with Gasteiger partial charge in [0.15, 0.2) is 0 Å². The van der Waals surface area contributed by atoms with E-state index in [0.29, 0.717) is 10.7 Å². The minimum absolute atomic E-state index is 0.151. The maximum Gasteiger partial charge on any atom is 0.255 e. The Hall–Kier alpha value is -2.67. The summed E-state index contributed by atoms with van der Waals surface area (Å²) in [6.07, 6.45) is 1.91. The number of anilines is 1. The van der Waals surface area contributed by atoms with E-state index in [1.54, 1.807) is 16.8 Å². The second kappa shape index (κ2) is 6.62. The third kappa shape index (κ3) is 3.40. The highest BCUT2D eigenvalue weighted by molar-refractivity contribution is 7.98. The summed E-state index contributed by atoms with van der Waals surface area (Å²) in [7, 11) is 0. The lowest BCUT2D eigenvalue weighted by atomic mass is 10.2. The summed E-state index contributed by atoms with van der Waals surface area (Å²) in [6, 6.07) is 14.8. The van der Waals surface area contributed by atoms with Gasteiger partial charge in [-0.2, -0.15) is 4.68 Å². The predicted octanol–water partition coefficient (Wildman–Crippen LogP) is 2.94. The maximum absolute atomic E-state index is 12.3. The Balaban J connectivity index is 1.76.